The fraction of sp³-hybridized carbons (Fsp3) is 0.415. The largest absolute Gasteiger partial charge is 0.493 e. The van der Waals surface area contributed by atoms with Crippen LogP contribution in [0, 0.1) is 5.92 Å². The van der Waals surface area contributed by atoms with Crippen molar-refractivity contribution in [1.82, 2.24) is 20.4 Å². The number of nitrogens with zero attached hydrogens (tertiary/aromatic N) is 4. The molecule has 0 spiro atoms. The second kappa shape index (κ2) is 22.5. The van der Waals surface area contributed by atoms with Gasteiger partial charge in [-0.2, -0.15) is 0 Å². The molecule has 4 aliphatic heterocycles. The molecule has 0 bridgehead atoms. The second-order valence-corrected chi connectivity index (χ2v) is 18.6. The average molecular weight is 970 g/mol. The van der Waals surface area contributed by atoms with Gasteiger partial charge in [-0.05, 0) is 104 Å². The first-order valence-corrected chi connectivity index (χ1v) is 24.3. The van der Waals surface area contributed by atoms with Gasteiger partial charge in [0.15, 0.2) is 23.0 Å². The Morgan fingerprint density at radius 3 is 1.82 bits per heavy atom. The van der Waals surface area contributed by atoms with Crippen molar-refractivity contribution >= 4 is 59.2 Å². The van der Waals surface area contributed by atoms with E-state index in [4.69, 9.17) is 40.4 Å². The maximum Gasteiger partial charge on any atom is 0.312 e. The first-order chi connectivity index (χ1) is 34.3. The van der Waals surface area contributed by atoms with E-state index in [1.165, 1.54) is 12.7 Å². The lowest BCUT2D eigenvalue weighted by molar-refractivity contribution is -0.128. The van der Waals surface area contributed by atoms with E-state index in [2.05, 4.69) is 28.1 Å². The van der Waals surface area contributed by atoms with Crippen LogP contribution < -0.4 is 46.4 Å². The molecule has 0 aliphatic carbocycles. The van der Waals surface area contributed by atoms with E-state index in [1.54, 1.807) is 42.5 Å². The zero-order valence-corrected chi connectivity index (χ0v) is 40.7. The summed E-state index contributed by atoms with van der Waals surface area (Å²) in [5, 5.41) is 8.29. The Labute approximate surface area is 413 Å². The molecule has 4 aliphatic rings. The number of nitrogens with two attached hydrogens (primary N) is 2. The molecule has 18 heteroatoms. The predicted molar refractivity (Wildman–Crippen MR) is 270 cm³/mol. The number of anilines is 1. The Morgan fingerprint density at radius 2 is 1.25 bits per heavy atom. The Bertz CT molecular complexity index is 2720. The van der Waals surface area contributed by atoms with Gasteiger partial charge in [0.05, 0.1) is 68.1 Å². The van der Waals surface area contributed by atoms with Gasteiger partial charge in [-0.1, -0.05) is 44.2 Å². The van der Waals surface area contributed by atoms with Crippen molar-refractivity contribution < 1.29 is 42.9 Å². The van der Waals surface area contributed by atoms with Crippen molar-refractivity contribution in [2.75, 3.05) is 39.3 Å². The molecule has 4 heterocycles. The molecule has 0 unspecified atom stereocenters. The number of primary amides is 1. The number of benzene rings is 4. The number of carbonyl (C=O) groups is 5. The van der Waals surface area contributed by atoms with Crippen LogP contribution in [0.1, 0.15) is 95.3 Å². The number of unbranched alkanes of at least 4 members (excludes halogenated alkanes) is 3. The number of hydrogen-bond donors (Lipinski definition) is 5. The Balaban J connectivity index is 0.845. The van der Waals surface area contributed by atoms with Crippen molar-refractivity contribution in [2.24, 2.45) is 27.4 Å². The summed E-state index contributed by atoms with van der Waals surface area (Å²) < 4.78 is 23.8. The molecule has 4 aromatic rings. The molecule has 4 aromatic carbocycles. The summed E-state index contributed by atoms with van der Waals surface area (Å²) >= 11 is 0. The van der Waals surface area contributed by atoms with Crippen molar-refractivity contribution in [3.8, 4) is 23.0 Å². The standard InChI is InChI=1S/C53H63N9O9/c1-31(2)48(54)50(64)60-41(14-8-9-17-56-53(55)67)49(63)59-36-16-15-33-22-38-28-58-43-26-47(45(69-4)24-40(43)52(66)62(38)30-35(33)20-36)71-19-11-5-10-18-70-46-25-42-39(23-44(46)68-3)51(65)61-29-34-13-7-6-12-32(34)21-37(61)27-57-42/h6-7,12-13,15-16,20,23-28,31,37-38,41,48H,5,8-11,14,17-19,21-22,29-30,54H2,1-4H3,(H,59,63)(H,60,64)(H3,55,56,67)/t37-,38-,41-,48-/m0/s1. The van der Waals surface area contributed by atoms with Crippen LogP contribution in [-0.4, -0.2) is 110 Å². The van der Waals surface area contributed by atoms with Gasteiger partial charge in [-0.15, -0.1) is 0 Å². The summed E-state index contributed by atoms with van der Waals surface area (Å²) in [5.41, 5.74) is 17.9. The molecule has 0 saturated carbocycles. The summed E-state index contributed by atoms with van der Waals surface area (Å²) in [6.45, 7) is 5.61. The van der Waals surface area contributed by atoms with Gasteiger partial charge in [-0.25, -0.2) is 4.79 Å². The minimum absolute atomic E-state index is 0.0844. The molecule has 8 rings (SSSR count). The van der Waals surface area contributed by atoms with E-state index in [0.717, 1.165) is 36.0 Å². The highest BCUT2D eigenvalue weighted by atomic mass is 16.5. The number of ether oxygens (including phenoxy) is 4. The lowest BCUT2D eigenvalue weighted by atomic mass is 9.93. The lowest BCUT2D eigenvalue weighted by Crippen LogP contribution is -2.51. The van der Waals surface area contributed by atoms with E-state index in [1.807, 2.05) is 55.3 Å². The van der Waals surface area contributed by atoms with E-state index in [9.17, 15) is 24.0 Å². The van der Waals surface area contributed by atoms with Crippen LogP contribution in [0.25, 0.3) is 0 Å². The first-order valence-electron chi connectivity index (χ1n) is 24.3. The highest BCUT2D eigenvalue weighted by Crippen LogP contribution is 2.40. The molecule has 7 N–H and O–H groups in total. The number of amides is 6. The van der Waals surface area contributed by atoms with Crippen molar-refractivity contribution in [3.63, 3.8) is 0 Å². The van der Waals surface area contributed by atoms with Crippen molar-refractivity contribution in [1.29, 1.82) is 0 Å². The number of carbonyl (C=O) groups excluding carboxylic acids is 5. The number of rotatable bonds is 20. The Morgan fingerprint density at radius 1 is 0.690 bits per heavy atom. The highest BCUT2D eigenvalue weighted by Gasteiger charge is 2.35. The minimum atomic E-state index is -0.874. The zero-order valence-electron chi connectivity index (χ0n) is 40.7. The predicted octanol–water partition coefficient (Wildman–Crippen LogP) is 6.14. The third-order valence-corrected chi connectivity index (χ3v) is 13.4. The number of urea groups is 1. The molecule has 0 radical (unpaired) electrons. The fourth-order valence-electron chi connectivity index (χ4n) is 9.29. The monoisotopic (exact) mass is 969 g/mol. The van der Waals surface area contributed by atoms with Gasteiger partial charge in [0.25, 0.3) is 11.8 Å². The Kier molecular flexibility index (Phi) is 15.8. The topological polar surface area (TPSA) is 242 Å². The summed E-state index contributed by atoms with van der Waals surface area (Å²) in [6, 6.07) is 18.0. The fourth-order valence-corrected chi connectivity index (χ4v) is 9.29. The van der Waals surface area contributed by atoms with Crippen LogP contribution in [0.2, 0.25) is 0 Å². The summed E-state index contributed by atoms with van der Waals surface area (Å²) in [4.78, 5) is 78.8. The van der Waals surface area contributed by atoms with E-state index in [0.29, 0.717) is 110 Å². The van der Waals surface area contributed by atoms with Crippen molar-refractivity contribution in [2.45, 2.75) is 102 Å². The van der Waals surface area contributed by atoms with E-state index in [-0.39, 0.29) is 36.4 Å². The maximum absolute atomic E-state index is 14.3. The van der Waals surface area contributed by atoms with E-state index < -0.39 is 29.9 Å². The number of hydrogen-bond acceptors (Lipinski definition) is 12. The summed E-state index contributed by atoms with van der Waals surface area (Å²) in [7, 11) is 3.09. The zero-order chi connectivity index (χ0) is 50.2. The van der Waals surface area contributed by atoms with Crippen molar-refractivity contribution in [3.05, 3.63) is 100 Å². The minimum Gasteiger partial charge on any atom is -0.493 e. The molecule has 0 aromatic heterocycles. The summed E-state index contributed by atoms with van der Waals surface area (Å²) in [5.74, 6) is 0.616. The lowest BCUT2D eigenvalue weighted by Gasteiger charge is -2.34. The van der Waals surface area contributed by atoms with Gasteiger partial charge in [0.1, 0.15) is 6.04 Å². The average Bonchev–Trinajstić information content (AvgIpc) is 3.58. The van der Waals surface area contributed by atoms with Gasteiger partial charge in [0.2, 0.25) is 11.8 Å². The molecule has 6 amide bonds. The van der Waals surface area contributed by atoms with Crippen LogP contribution in [-0.2, 0) is 35.5 Å². The van der Waals surface area contributed by atoms with Gasteiger partial charge in [-0.3, -0.25) is 29.2 Å². The molecule has 0 fully saturated rings. The molecule has 0 saturated heterocycles. The first kappa shape index (κ1) is 49.9. The van der Waals surface area contributed by atoms with E-state index >= 15 is 0 Å². The van der Waals surface area contributed by atoms with Crippen LogP contribution in [0.4, 0.5) is 21.9 Å². The molecule has 71 heavy (non-hydrogen) atoms. The number of aliphatic imine (C=N–C) groups is 2. The SMILES string of the molecule is COc1cc2c(cc1OCCCCCOc1cc3c(cc1OC)C(=O)N1Cc4cc(NC(=O)[C@H](CCCCNC(N)=O)NC(=O)[C@@H](N)C(C)C)ccc4C[C@H]1C=N3)N=C[C@@H]1Cc3ccccc3CN1C2=O. The third kappa shape index (κ3) is 11.6. The molecular weight excluding hydrogens is 907 g/mol. The molecular formula is C53H63N9O9. The van der Waals surface area contributed by atoms with Crippen LogP contribution in [0.5, 0.6) is 23.0 Å². The number of fused-ring (bicyclic) bond motifs is 6. The van der Waals surface area contributed by atoms with Crippen LogP contribution in [0.3, 0.4) is 0 Å². The molecule has 374 valence electrons. The number of nitrogens with one attached hydrogen (secondary N) is 3. The third-order valence-electron chi connectivity index (χ3n) is 13.4. The van der Waals surface area contributed by atoms with Crippen LogP contribution >= 0.6 is 0 Å². The van der Waals surface area contributed by atoms with Gasteiger partial charge in [0, 0.05) is 49.9 Å². The highest BCUT2D eigenvalue weighted by molar-refractivity contribution is 6.05. The molecule has 18 nitrogen and oxygen atoms in total. The maximum atomic E-state index is 14.3. The van der Waals surface area contributed by atoms with Crippen LogP contribution in [0.15, 0.2) is 76.7 Å². The Hall–Kier alpha value is -7.47. The molecule has 4 atom stereocenters. The van der Waals surface area contributed by atoms with Gasteiger partial charge >= 0.3 is 6.03 Å². The van der Waals surface area contributed by atoms with Gasteiger partial charge < -0.3 is 56.2 Å². The second-order valence-electron chi connectivity index (χ2n) is 18.6. The quantitative estimate of drug-likeness (QED) is 0.0634. The smallest absolute Gasteiger partial charge is 0.312 e. The normalized spacial score (nSPS) is 17.2. The summed E-state index contributed by atoms with van der Waals surface area (Å²) in [6.07, 6.45) is 8.54. The number of methoxy groups -OCH3 is 2.